The molecule has 0 saturated heterocycles. The molecule has 0 aliphatic rings. The maximum Gasteiger partial charge on any atom is 0.341 e. The number of aryl methyl sites for hydroxylation is 1. The number of aromatic nitrogens is 4. The first kappa shape index (κ1) is 10.1. The molecule has 0 aromatic carbocycles. The van der Waals surface area contributed by atoms with Crippen LogP contribution in [0.1, 0.15) is 10.4 Å². The topological polar surface area (TPSA) is 92.9 Å². The first-order valence-corrected chi connectivity index (χ1v) is 4.47. The quantitative estimate of drug-likeness (QED) is 0.787. The van der Waals surface area contributed by atoms with Crippen molar-refractivity contribution < 1.29 is 9.90 Å². The van der Waals surface area contributed by atoms with E-state index < -0.39 is 5.97 Å². The Hall–Kier alpha value is -2.44. The van der Waals surface area contributed by atoms with Crippen molar-refractivity contribution in [2.45, 2.75) is 0 Å². The smallest absolute Gasteiger partial charge is 0.341 e. The summed E-state index contributed by atoms with van der Waals surface area (Å²) >= 11 is 0. The van der Waals surface area contributed by atoms with Crippen LogP contribution in [0.25, 0.3) is 0 Å². The first-order chi connectivity index (χ1) is 7.68. The van der Waals surface area contributed by atoms with Crippen LogP contribution >= 0.6 is 0 Å². The van der Waals surface area contributed by atoms with Crippen LogP contribution in [0, 0.1) is 0 Å². The van der Waals surface area contributed by atoms with Crippen molar-refractivity contribution in [2.24, 2.45) is 7.05 Å². The number of carboxylic acid groups (broad SMARTS) is 1. The highest BCUT2D eigenvalue weighted by molar-refractivity contribution is 5.93. The van der Waals surface area contributed by atoms with Gasteiger partial charge >= 0.3 is 5.97 Å². The molecule has 2 heterocycles. The Morgan fingerprint density at radius 1 is 1.44 bits per heavy atom. The third-order valence-corrected chi connectivity index (χ3v) is 1.98. The third kappa shape index (κ3) is 1.83. The molecule has 0 amide bonds. The zero-order chi connectivity index (χ0) is 11.5. The van der Waals surface area contributed by atoms with Crippen LogP contribution in [0.3, 0.4) is 0 Å². The van der Waals surface area contributed by atoms with Gasteiger partial charge in [-0.2, -0.15) is 5.10 Å². The van der Waals surface area contributed by atoms with Gasteiger partial charge < -0.3 is 10.4 Å². The molecule has 7 nitrogen and oxygen atoms in total. The van der Waals surface area contributed by atoms with Gasteiger partial charge in [-0.1, -0.05) is 0 Å². The predicted molar refractivity (Wildman–Crippen MR) is 55.5 cm³/mol. The van der Waals surface area contributed by atoms with Gasteiger partial charge in [-0.3, -0.25) is 9.67 Å². The fourth-order valence-corrected chi connectivity index (χ4v) is 1.23. The van der Waals surface area contributed by atoms with E-state index in [-0.39, 0.29) is 5.56 Å². The van der Waals surface area contributed by atoms with E-state index in [0.29, 0.717) is 11.6 Å². The van der Waals surface area contributed by atoms with E-state index in [4.69, 9.17) is 5.11 Å². The third-order valence-electron chi connectivity index (χ3n) is 1.98. The van der Waals surface area contributed by atoms with E-state index in [0.717, 1.165) is 0 Å². The standard InChI is InChI=1S/C9H9N5O2/c1-14-8(6(4-12-14)9(15)16)13-7-5-10-2-3-11-7/h2-5H,1H3,(H,11,13)(H,15,16). The average Bonchev–Trinajstić information content (AvgIpc) is 2.62. The summed E-state index contributed by atoms with van der Waals surface area (Å²) in [6, 6.07) is 0. The number of nitrogens with one attached hydrogen (secondary N) is 1. The SMILES string of the molecule is Cn1ncc(C(=O)O)c1Nc1cnccn1. The molecule has 2 rings (SSSR count). The largest absolute Gasteiger partial charge is 0.477 e. The van der Waals surface area contributed by atoms with E-state index in [1.807, 2.05) is 0 Å². The summed E-state index contributed by atoms with van der Waals surface area (Å²) < 4.78 is 1.43. The number of hydrogen-bond acceptors (Lipinski definition) is 5. The molecule has 7 heteroatoms. The molecule has 2 N–H and O–H groups in total. The average molecular weight is 219 g/mol. The number of nitrogens with zero attached hydrogens (tertiary/aromatic N) is 4. The number of rotatable bonds is 3. The van der Waals surface area contributed by atoms with Crippen molar-refractivity contribution in [1.82, 2.24) is 19.7 Å². The van der Waals surface area contributed by atoms with Crippen molar-refractivity contribution in [3.63, 3.8) is 0 Å². The van der Waals surface area contributed by atoms with Gasteiger partial charge in [-0.05, 0) is 0 Å². The predicted octanol–water partition coefficient (Wildman–Crippen LogP) is 0.652. The van der Waals surface area contributed by atoms with Crippen molar-refractivity contribution in [2.75, 3.05) is 5.32 Å². The van der Waals surface area contributed by atoms with E-state index in [1.165, 1.54) is 29.5 Å². The number of carbonyl (C=O) groups is 1. The second kappa shape index (κ2) is 3.97. The lowest BCUT2D eigenvalue weighted by molar-refractivity contribution is 0.0698. The molecule has 2 aromatic heterocycles. The highest BCUT2D eigenvalue weighted by Crippen LogP contribution is 2.17. The zero-order valence-corrected chi connectivity index (χ0v) is 8.45. The Morgan fingerprint density at radius 3 is 2.88 bits per heavy atom. The Morgan fingerprint density at radius 2 is 2.25 bits per heavy atom. The second-order valence-electron chi connectivity index (χ2n) is 3.05. The molecule has 0 unspecified atom stereocenters. The highest BCUT2D eigenvalue weighted by atomic mass is 16.4. The second-order valence-corrected chi connectivity index (χ2v) is 3.05. The summed E-state index contributed by atoms with van der Waals surface area (Å²) in [6.07, 6.45) is 5.82. The fourth-order valence-electron chi connectivity index (χ4n) is 1.23. The molecule has 0 bridgehead atoms. The molecular formula is C9H9N5O2. The Kier molecular flexibility index (Phi) is 2.50. The number of carboxylic acids is 1. The summed E-state index contributed by atoms with van der Waals surface area (Å²) in [5.74, 6) is -0.207. The molecule has 0 atom stereocenters. The van der Waals surface area contributed by atoms with Gasteiger partial charge in [0.25, 0.3) is 0 Å². The van der Waals surface area contributed by atoms with Gasteiger partial charge in [0.1, 0.15) is 17.2 Å². The van der Waals surface area contributed by atoms with E-state index in [1.54, 1.807) is 7.05 Å². The van der Waals surface area contributed by atoms with Crippen LogP contribution in [0.2, 0.25) is 0 Å². The van der Waals surface area contributed by atoms with Gasteiger partial charge in [0.15, 0.2) is 0 Å². The summed E-state index contributed by atoms with van der Waals surface area (Å²) in [7, 11) is 1.64. The van der Waals surface area contributed by atoms with Gasteiger partial charge in [-0.15, -0.1) is 0 Å². The first-order valence-electron chi connectivity index (χ1n) is 4.47. The maximum atomic E-state index is 10.9. The molecular weight excluding hydrogens is 210 g/mol. The molecule has 0 fully saturated rings. The summed E-state index contributed by atoms with van der Waals surface area (Å²) in [5.41, 5.74) is 0.0909. The lowest BCUT2D eigenvalue weighted by Gasteiger charge is -2.05. The van der Waals surface area contributed by atoms with Crippen LogP contribution in [0.5, 0.6) is 0 Å². The minimum Gasteiger partial charge on any atom is -0.477 e. The van der Waals surface area contributed by atoms with E-state index in [2.05, 4.69) is 20.4 Å². The molecule has 82 valence electrons. The Balaban J connectivity index is 2.34. The summed E-state index contributed by atoms with van der Waals surface area (Å²) in [6.45, 7) is 0. The zero-order valence-electron chi connectivity index (χ0n) is 8.45. The van der Waals surface area contributed by atoms with Crippen molar-refractivity contribution in [1.29, 1.82) is 0 Å². The van der Waals surface area contributed by atoms with E-state index in [9.17, 15) is 4.79 Å². The van der Waals surface area contributed by atoms with Crippen molar-refractivity contribution in [3.8, 4) is 0 Å². The molecule has 0 saturated carbocycles. The van der Waals surface area contributed by atoms with Crippen LogP contribution in [0.15, 0.2) is 24.8 Å². The number of hydrogen-bond donors (Lipinski definition) is 2. The van der Waals surface area contributed by atoms with Crippen LogP contribution < -0.4 is 5.32 Å². The lowest BCUT2D eigenvalue weighted by Crippen LogP contribution is -2.05. The normalized spacial score (nSPS) is 10.1. The minimum absolute atomic E-state index is 0.0909. The van der Waals surface area contributed by atoms with Gasteiger partial charge in [0, 0.05) is 19.4 Å². The summed E-state index contributed by atoms with van der Waals surface area (Å²) in [5, 5.41) is 15.6. The minimum atomic E-state index is -1.04. The van der Waals surface area contributed by atoms with E-state index >= 15 is 0 Å². The number of anilines is 2. The van der Waals surface area contributed by atoms with Gasteiger partial charge in [-0.25, -0.2) is 9.78 Å². The number of aromatic carboxylic acids is 1. The maximum absolute atomic E-state index is 10.9. The Bertz CT molecular complexity index is 508. The molecule has 0 radical (unpaired) electrons. The van der Waals surface area contributed by atoms with Crippen LogP contribution in [0.4, 0.5) is 11.6 Å². The van der Waals surface area contributed by atoms with Gasteiger partial charge in [0.05, 0.1) is 12.4 Å². The molecule has 0 aliphatic heterocycles. The monoisotopic (exact) mass is 219 g/mol. The summed E-state index contributed by atoms with van der Waals surface area (Å²) in [4.78, 5) is 18.8. The Labute approximate surface area is 90.8 Å². The highest BCUT2D eigenvalue weighted by Gasteiger charge is 2.15. The van der Waals surface area contributed by atoms with Crippen LogP contribution in [-0.4, -0.2) is 30.8 Å². The lowest BCUT2D eigenvalue weighted by atomic mass is 10.3. The fraction of sp³-hybridized carbons (Fsp3) is 0.111. The molecule has 0 aliphatic carbocycles. The molecule has 0 spiro atoms. The molecule has 2 aromatic rings. The van der Waals surface area contributed by atoms with Crippen LogP contribution in [-0.2, 0) is 7.05 Å². The van der Waals surface area contributed by atoms with Gasteiger partial charge in [0.2, 0.25) is 0 Å². The molecule has 16 heavy (non-hydrogen) atoms. The van der Waals surface area contributed by atoms with Crippen molar-refractivity contribution in [3.05, 3.63) is 30.4 Å². The van der Waals surface area contributed by atoms with Crippen molar-refractivity contribution >= 4 is 17.6 Å².